The molecule has 144 valence electrons. The molecule has 0 spiro atoms. The molecular formula is C19H18FN5O2S. The zero-order valence-corrected chi connectivity index (χ0v) is 16.4. The van der Waals surface area contributed by atoms with Crippen molar-refractivity contribution in [2.45, 2.75) is 20.4 Å². The van der Waals surface area contributed by atoms with E-state index < -0.39 is 5.82 Å². The number of nitrogen functional groups attached to an aromatic ring is 1. The van der Waals surface area contributed by atoms with E-state index >= 15 is 0 Å². The average Bonchev–Trinajstić information content (AvgIpc) is 3.19. The summed E-state index contributed by atoms with van der Waals surface area (Å²) < 4.78 is 20.4. The Bertz CT molecular complexity index is 1230. The van der Waals surface area contributed by atoms with Gasteiger partial charge in [0.05, 0.1) is 12.8 Å². The third-order valence-electron chi connectivity index (χ3n) is 4.47. The van der Waals surface area contributed by atoms with E-state index in [-0.39, 0.29) is 18.2 Å². The molecule has 3 heterocycles. The Morgan fingerprint density at radius 1 is 1.36 bits per heavy atom. The van der Waals surface area contributed by atoms with Crippen molar-refractivity contribution in [3.05, 3.63) is 51.9 Å². The quantitative estimate of drug-likeness (QED) is 0.549. The highest BCUT2D eigenvalue weighted by Gasteiger charge is 2.21. The van der Waals surface area contributed by atoms with Crippen molar-refractivity contribution in [3.63, 3.8) is 0 Å². The molecule has 1 aromatic carbocycles. The Kier molecular flexibility index (Phi) is 4.38. The van der Waals surface area contributed by atoms with Crippen LogP contribution in [0.4, 0.5) is 10.1 Å². The fourth-order valence-corrected chi connectivity index (χ4v) is 4.32. The van der Waals surface area contributed by atoms with E-state index in [0.717, 1.165) is 15.8 Å². The average molecular weight is 399 g/mol. The number of benzene rings is 1. The second-order valence-electron chi connectivity index (χ2n) is 6.43. The first-order valence-corrected chi connectivity index (χ1v) is 9.36. The third-order valence-corrected chi connectivity index (χ3v) is 5.65. The SMILES string of the molecule is COc1ccc(CNC(=O)c2sc3c(c(C)cc4nc(C)nn43)c2N)cc1F. The number of hydrogen-bond donors (Lipinski definition) is 2. The molecule has 28 heavy (non-hydrogen) atoms. The molecule has 9 heteroatoms. The minimum atomic E-state index is -0.477. The Hall–Kier alpha value is -3.20. The number of methoxy groups -OCH3 is 1. The Morgan fingerprint density at radius 3 is 2.86 bits per heavy atom. The smallest absolute Gasteiger partial charge is 0.263 e. The summed E-state index contributed by atoms with van der Waals surface area (Å²) in [4.78, 5) is 18.3. The summed E-state index contributed by atoms with van der Waals surface area (Å²) in [6.07, 6.45) is 0. The molecule has 0 aliphatic carbocycles. The molecule has 4 rings (SSSR count). The van der Waals surface area contributed by atoms with Gasteiger partial charge in [0, 0.05) is 11.9 Å². The highest BCUT2D eigenvalue weighted by atomic mass is 32.1. The summed E-state index contributed by atoms with van der Waals surface area (Å²) in [6.45, 7) is 3.91. The van der Waals surface area contributed by atoms with Gasteiger partial charge in [-0.2, -0.15) is 5.10 Å². The van der Waals surface area contributed by atoms with Crippen molar-refractivity contribution < 1.29 is 13.9 Å². The summed E-state index contributed by atoms with van der Waals surface area (Å²) in [5, 5.41) is 7.98. The van der Waals surface area contributed by atoms with Crippen LogP contribution in [0.15, 0.2) is 24.3 Å². The maximum absolute atomic E-state index is 13.8. The summed E-state index contributed by atoms with van der Waals surface area (Å²) in [5.41, 5.74) is 8.95. The standard InChI is InChI=1S/C19H18FN5O2S/c1-9-6-14-23-10(2)24-25(14)19-15(9)16(21)17(28-19)18(26)22-8-11-4-5-13(27-3)12(20)7-11/h4-7H,8,21H2,1-3H3,(H,22,26). The molecule has 0 radical (unpaired) electrons. The fourth-order valence-electron chi connectivity index (χ4n) is 3.15. The largest absolute Gasteiger partial charge is 0.494 e. The number of thiophene rings is 1. The number of hydrogen-bond acceptors (Lipinski definition) is 6. The van der Waals surface area contributed by atoms with E-state index in [1.807, 2.05) is 19.9 Å². The van der Waals surface area contributed by atoms with E-state index in [0.29, 0.717) is 27.6 Å². The van der Waals surface area contributed by atoms with Gasteiger partial charge in [-0.1, -0.05) is 6.07 Å². The number of pyridine rings is 1. The van der Waals surface area contributed by atoms with E-state index in [2.05, 4.69) is 15.4 Å². The Balaban J connectivity index is 1.66. The number of aryl methyl sites for hydroxylation is 2. The number of amides is 1. The lowest BCUT2D eigenvalue weighted by Crippen LogP contribution is -2.22. The lowest BCUT2D eigenvalue weighted by Gasteiger charge is -2.07. The molecule has 0 fully saturated rings. The van der Waals surface area contributed by atoms with Crippen molar-refractivity contribution >= 4 is 38.8 Å². The summed E-state index contributed by atoms with van der Waals surface area (Å²) in [5.74, 6) is 0.00681. The molecule has 0 saturated carbocycles. The van der Waals surface area contributed by atoms with Crippen LogP contribution in [0.1, 0.15) is 26.6 Å². The number of rotatable bonds is 4. The van der Waals surface area contributed by atoms with Gasteiger partial charge in [0.2, 0.25) is 0 Å². The minimum absolute atomic E-state index is 0.159. The first-order chi connectivity index (χ1) is 13.4. The molecule has 0 aliphatic heterocycles. The number of nitrogens with one attached hydrogen (secondary N) is 1. The second kappa shape index (κ2) is 6.75. The number of fused-ring (bicyclic) bond motifs is 3. The van der Waals surface area contributed by atoms with Crippen molar-refractivity contribution in [2.75, 3.05) is 12.8 Å². The number of nitrogens with two attached hydrogens (primary N) is 1. The molecular weight excluding hydrogens is 381 g/mol. The van der Waals surface area contributed by atoms with Gasteiger partial charge >= 0.3 is 0 Å². The highest BCUT2D eigenvalue weighted by Crippen LogP contribution is 2.36. The number of aromatic nitrogens is 3. The highest BCUT2D eigenvalue weighted by molar-refractivity contribution is 7.21. The Morgan fingerprint density at radius 2 is 2.14 bits per heavy atom. The lowest BCUT2D eigenvalue weighted by molar-refractivity contribution is 0.0955. The van der Waals surface area contributed by atoms with E-state index in [1.54, 1.807) is 10.6 Å². The van der Waals surface area contributed by atoms with Crippen LogP contribution >= 0.6 is 11.3 Å². The molecule has 0 bridgehead atoms. The summed E-state index contributed by atoms with van der Waals surface area (Å²) in [7, 11) is 1.40. The van der Waals surface area contributed by atoms with Gasteiger partial charge < -0.3 is 15.8 Å². The van der Waals surface area contributed by atoms with Crippen LogP contribution in [0.3, 0.4) is 0 Å². The number of nitrogens with zero attached hydrogens (tertiary/aromatic N) is 3. The van der Waals surface area contributed by atoms with Crippen LogP contribution in [-0.4, -0.2) is 27.6 Å². The monoisotopic (exact) mass is 399 g/mol. The predicted molar refractivity (Wildman–Crippen MR) is 106 cm³/mol. The normalized spacial score (nSPS) is 11.3. The molecule has 0 saturated heterocycles. The van der Waals surface area contributed by atoms with E-state index in [1.165, 1.54) is 30.6 Å². The number of anilines is 1. The van der Waals surface area contributed by atoms with Crippen molar-refractivity contribution in [2.24, 2.45) is 0 Å². The molecule has 0 unspecified atom stereocenters. The topological polar surface area (TPSA) is 94.5 Å². The van der Waals surface area contributed by atoms with Gasteiger partial charge in [0.1, 0.15) is 15.5 Å². The molecule has 0 aliphatic rings. The maximum Gasteiger partial charge on any atom is 0.263 e. The van der Waals surface area contributed by atoms with Crippen LogP contribution in [-0.2, 0) is 6.54 Å². The molecule has 3 N–H and O–H groups in total. The van der Waals surface area contributed by atoms with Crippen molar-refractivity contribution in [3.8, 4) is 5.75 Å². The van der Waals surface area contributed by atoms with Crippen LogP contribution in [0.5, 0.6) is 5.75 Å². The fraction of sp³-hybridized carbons (Fsp3) is 0.211. The van der Waals surface area contributed by atoms with Gasteiger partial charge in [-0.15, -0.1) is 11.3 Å². The minimum Gasteiger partial charge on any atom is -0.494 e. The summed E-state index contributed by atoms with van der Waals surface area (Å²) in [6, 6.07) is 6.45. The van der Waals surface area contributed by atoms with Crippen molar-refractivity contribution in [1.82, 2.24) is 19.9 Å². The zero-order valence-electron chi connectivity index (χ0n) is 15.5. The Labute approximate surface area is 163 Å². The van der Waals surface area contributed by atoms with Crippen LogP contribution < -0.4 is 15.8 Å². The maximum atomic E-state index is 13.8. The number of carbonyl (C=O) groups is 1. The van der Waals surface area contributed by atoms with E-state index in [9.17, 15) is 9.18 Å². The van der Waals surface area contributed by atoms with Crippen LogP contribution in [0, 0.1) is 19.7 Å². The second-order valence-corrected chi connectivity index (χ2v) is 7.43. The van der Waals surface area contributed by atoms with Gasteiger partial charge in [0.25, 0.3) is 5.91 Å². The third kappa shape index (κ3) is 2.93. The van der Waals surface area contributed by atoms with Crippen LogP contribution in [0.25, 0.3) is 15.9 Å². The molecule has 7 nitrogen and oxygen atoms in total. The molecule has 1 amide bonds. The van der Waals surface area contributed by atoms with Crippen molar-refractivity contribution in [1.29, 1.82) is 0 Å². The molecule has 0 atom stereocenters. The first-order valence-electron chi connectivity index (χ1n) is 8.54. The lowest BCUT2D eigenvalue weighted by atomic mass is 10.1. The van der Waals surface area contributed by atoms with E-state index in [4.69, 9.17) is 10.5 Å². The summed E-state index contributed by atoms with van der Waals surface area (Å²) >= 11 is 1.26. The molecule has 3 aromatic heterocycles. The van der Waals surface area contributed by atoms with Gasteiger partial charge in [-0.05, 0) is 43.2 Å². The zero-order chi connectivity index (χ0) is 20.0. The van der Waals surface area contributed by atoms with Gasteiger partial charge in [-0.25, -0.2) is 13.9 Å². The number of carbonyl (C=O) groups excluding carboxylic acids is 1. The number of ether oxygens (including phenoxy) is 1. The predicted octanol–water partition coefficient (Wildman–Crippen LogP) is 3.22. The first kappa shape index (κ1) is 18.2. The number of halogens is 1. The molecule has 4 aromatic rings. The van der Waals surface area contributed by atoms with Gasteiger partial charge in [0.15, 0.2) is 17.2 Å². The van der Waals surface area contributed by atoms with Crippen LogP contribution in [0.2, 0.25) is 0 Å². The van der Waals surface area contributed by atoms with Gasteiger partial charge in [-0.3, -0.25) is 4.79 Å².